The number of hydrogen-bond acceptors (Lipinski definition) is 3. The number of aliphatic carboxylic acids is 1. The zero-order valence-electron chi connectivity index (χ0n) is 11.2. The molecule has 6 heteroatoms. The van der Waals surface area contributed by atoms with Crippen molar-refractivity contribution in [2.45, 2.75) is 6.04 Å². The van der Waals surface area contributed by atoms with Crippen molar-refractivity contribution >= 4 is 23.6 Å². The second-order valence-electron chi connectivity index (χ2n) is 4.77. The molecule has 21 heavy (non-hydrogen) atoms. The molecule has 2 heterocycles. The second kappa shape index (κ2) is 5.65. The van der Waals surface area contributed by atoms with E-state index in [0.29, 0.717) is 17.2 Å². The van der Waals surface area contributed by atoms with E-state index in [1.807, 2.05) is 41.2 Å². The zero-order valence-corrected chi connectivity index (χ0v) is 12.0. The van der Waals surface area contributed by atoms with Crippen LogP contribution in [0.3, 0.4) is 0 Å². The van der Waals surface area contributed by atoms with Crippen LogP contribution >= 0.6 is 11.8 Å². The highest BCUT2D eigenvalue weighted by Gasteiger charge is 2.34. The van der Waals surface area contributed by atoms with Gasteiger partial charge in [-0.3, -0.25) is 4.79 Å². The number of carboxylic acid groups (broad SMARTS) is 1. The van der Waals surface area contributed by atoms with Gasteiger partial charge in [-0.25, -0.2) is 4.79 Å². The van der Waals surface area contributed by atoms with Crippen LogP contribution in [-0.4, -0.2) is 44.1 Å². The Bertz CT molecular complexity index is 652. The first-order chi connectivity index (χ1) is 10.2. The van der Waals surface area contributed by atoms with Crippen molar-refractivity contribution in [3.05, 3.63) is 54.4 Å². The van der Waals surface area contributed by atoms with Gasteiger partial charge < -0.3 is 14.6 Å². The van der Waals surface area contributed by atoms with Gasteiger partial charge in [0.1, 0.15) is 6.04 Å². The molecule has 1 aliphatic heterocycles. The van der Waals surface area contributed by atoms with Gasteiger partial charge in [-0.15, -0.1) is 11.8 Å². The Labute approximate surface area is 126 Å². The summed E-state index contributed by atoms with van der Waals surface area (Å²) in [5, 5.41) is 9.14. The summed E-state index contributed by atoms with van der Waals surface area (Å²) in [7, 11) is 0. The summed E-state index contributed by atoms with van der Waals surface area (Å²) in [5.74, 6) is -0.304. The van der Waals surface area contributed by atoms with Crippen molar-refractivity contribution in [2.75, 3.05) is 11.6 Å². The molecule has 3 rings (SSSR count). The number of benzene rings is 1. The van der Waals surface area contributed by atoms with Crippen LogP contribution in [0, 0.1) is 0 Å². The van der Waals surface area contributed by atoms with Crippen LogP contribution in [0.25, 0.3) is 5.69 Å². The van der Waals surface area contributed by atoms with E-state index in [1.54, 1.807) is 12.1 Å². The van der Waals surface area contributed by atoms with E-state index in [-0.39, 0.29) is 5.91 Å². The summed E-state index contributed by atoms with van der Waals surface area (Å²) in [6.07, 6.45) is 3.85. The molecule has 0 bridgehead atoms. The van der Waals surface area contributed by atoms with Crippen molar-refractivity contribution in [2.24, 2.45) is 0 Å². The van der Waals surface area contributed by atoms with Gasteiger partial charge in [0.25, 0.3) is 5.91 Å². The summed E-state index contributed by atoms with van der Waals surface area (Å²) in [4.78, 5) is 25.0. The maximum atomic E-state index is 12.4. The summed E-state index contributed by atoms with van der Waals surface area (Å²) in [5.41, 5.74) is 1.47. The molecule has 108 valence electrons. The molecule has 1 atom stereocenters. The van der Waals surface area contributed by atoms with E-state index in [1.165, 1.54) is 16.7 Å². The van der Waals surface area contributed by atoms with Crippen molar-refractivity contribution in [3.63, 3.8) is 0 Å². The number of nitrogens with zero attached hydrogens (tertiary/aromatic N) is 2. The van der Waals surface area contributed by atoms with Gasteiger partial charge in [0, 0.05) is 29.4 Å². The summed E-state index contributed by atoms with van der Waals surface area (Å²) < 4.78 is 1.94. The van der Waals surface area contributed by atoms with E-state index in [2.05, 4.69) is 0 Å². The minimum atomic E-state index is -0.947. The number of aromatic nitrogens is 1. The Hall–Kier alpha value is -2.21. The first-order valence-corrected chi connectivity index (χ1v) is 7.67. The molecule has 0 unspecified atom stereocenters. The van der Waals surface area contributed by atoms with Crippen LogP contribution in [0.15, 0.2) is 48.8 Å². The number of amides is 1. The number of carbonyl (C=O) groups is 2. The van der Waals surface area contributed by atoms with E-state index in [4.69, 9.17) is 5.11 Å². The zero-order chi connectivity index (χ0) is 14.8. The van der Waals surface area contributed by atoms with E-state index < -0.39 is 12.0 Å². The lowest BCUT2D eigenvalue weighted by Crippen LogP contribution is -2.41. The van der Waals surface area contributed by atoms with Crippen LogP contribution < -0.4 is 0 Å². The topological polar surface area (TPSA) is 62.5 Å². The van der Waals surface area contributed by atoms with Crippen LogP contribution in [-0.2, 0) is 4.79 Å². The molecule has 1 aromatic carbocycles. The lowest BCUT2D eigenvalue weighted by atomic mass is 10.1. The molecule has 0 radical (unpaired) electrons. The third-order valence-corrected chi connectivity index (χ3v) is 4.46. The number of hydrogen-bond donors (Lipinski definition) is 1. The number of rotatable bonds is 3. The molecule has 0 spiro atoms. The minimum absolute atomic E-state index is 0.230. The standard InChI is InChI=1S/C15H14N2O3S/c18-14(17-10-21-9-13(17)15(19)20)11-3-5-12(6-4-11)16-7-1-2-8-16/h1-8,13H,9-10H2,(H,19,20)/t13-/m0/s1. The Morgan fingerprint density at radius 1 is 1.14 bits per heavy atom. The first-order valence-electron chi connectivity index (χ1n) is 6.52. The Kier molecular flexibility index (Phi) is 3.70. The fourth-order valence-electron chi connectivity index (χ4n) is 2.30. The van der Waals surface area contributed by atoms with E-state index >= 15 is 0 Å². The predicted molar refractivity (Wildman–Crippen MR) is 80.7 cm³/mol. The van der Waals surface area contributed by atoms with Gasteiger partial charge in [-0.05, 0) is 36.4 Å². The Morgan fingerprint density at radius 3 is 2.43 bits per heavy atom. The molecule has 5 nitrogen and oxygen atoms in total. The fourth-order valence-corrected chi connectivity index (χ4v) is 3.44. The van der Waals surface area contributed by atoms with Crippen LogP contribution in [0.4, 0.5) is 0 Å². The Morgan fingerprint density at radius 2 is 1.81 bits per heavy atom. The molecule has 0 aliphatic carbocycles. The number of thioether (sulfide) groups is 1. The molecule has 1 aliphatic rings. The second-order valence-corrected chi connectivity index (χ2v) is 5.77. The van der Waals surface area contributed by atoms with Crippen molar-refractivity contribution < 1.29 is 14.7 Å². The molecule has 1 amide bonds. The van der Waals surface area contributed by atoms with Crippen LogP contribution in [0.1, 0.15) is 10.4 Å². The summed E-state index contributed by atoms with van der Waals surface area (Å²) in [6.45, 7) is 0. The molecule has 1 fully saturated rings. The smallest absolute Gasteiger partial charge is 0.327 e. The third-order valence-electron chi connectivity index (χ3n) is 3.45. The monoisotopic (exact) mass is 302 g/mol. The highest BCUT2D eigenvalue weighted by Crippen LogP contribution is 2.23. The lowest BCUT2D eigenvalue weighted by molar-refractivity contribution is -0.140. The van der Waals surface area contributed by atoms with Crippen LogP contribution in [0.2, 0.25) is 0 Å². The number of carboxylic acids is 1. The lowest BCUT2D eigenvalue weighted by Gasteiger charge is -2.20. The Balaban J connectivity index is 1.80. The average Bonchev–Trinajstić information content (AvgIpc) is 3.18. The minimum Gasteiger partial charge on any atom is -0.480 e. The first kappa shape index (κ1) is 13.8. The molecular formula is C15H14N2O3S. The van der Waals surface area contributed by atoms with E-state index in [0.717, 1.165) is 5.69 Å². The van der Waals surface area contributed by atoms with Gasteiger partial charge in [0.15, 0.2) is 0 Å². The molecule has 0 saturated carbocycles. The quantitative estimate of drug-likeness (QED) is 0.943. The van der Waals surface area contributed by atoms with Crippen molar-refractivity contribution in [1.29, 1.82) is 0 Å². The van der Waals surface area contributed by atoms with Gasteiger partial charge in [-0.1, -0.05) is 0 Å². The van der Waals surface area contributed by atoms with Gasteiger partial charge in [0.2, 0.25) is 0 Å². The average molecular weight is 302 g/mol. The van der Waals surface area contributed by atoms with Gasteiger partial charge in [-0.2, -0.15) is 0 Å². The molecular weight excluding hydrogens is 288 g/mol. The van der Waals surface area contributed by atoms with Crippen molar-refractivity contribution in [3.8, 4) is 5.69 Å². The van der Waals surface area contributed by atoms with E-state index in [9.17, 15) is 9.59 Å². The van der Waals surface area contributed by atoms with Gasteiger partial charge in [0.05, 0.1) is 5.88 Å². The fraction of sp³-hybridized carbons (Fsp3) is 0.200. The molecule has 2 aromatic rings. The van der Waals surface area contributed by atoms with Crippen LogP contribution in [0.5, 0.6) is 0 Å². The molecule has 1 N–H and O–H groups in total. The summed E-state index contributed by atoms with van der Waals surface area (Å²) >= 11 is 1.46. The largest absolute Gasteiger partial charge is 0.480 e. The molecule has 1 aromatic heterocycles. The predicted octanol–water partition coefficient (Wildman–Crippen LogP) is 2.08. The highest BCUT2D eigenvalue weighted by atomic mass is 32.2. The molecule has 1 saturated heterocycles. The highest BCUT2D eigenvalue weighted by molar-refractivity contribution is 7.99. The summed E-state index contributed by atoms with van der Waals surface area (Å²) in [6, 6.07) is 10.3. The van der Waals surface area contributed by atoms with Gasteiger partial charge >= 0.3 is 5.97 Å². The maximum absolute atomic E-state index is 12.4. The van der Waals surface area contributed by atoms with Crippen molar-refractivity contribution in [1.82, 2.24) is 9.47 Å². The SMILES string of the molecule is O=C(O)[C@@H]1CSCN1C(=O)c1ccc(-n2cccc2)cc1. The maximum Gasteiger partial charge on any atom is 0.327 e. The normalized spacial score (nSPS) is 17.9. The number of carbonyl (C=O) groups excluding carboxylic acids is 1. The third kappa shape index (κ3) is 2.67.